The molecule has 10 aromatic rings. The molecule has 0 unspecified atom stereocenters. The van der Waals surface area contributed by atoms with Gasteiger partial charge in [0.05, 0.1) is 37.1 Å². The van der Waals surface area contributed by atoms with Gasteiger partial charge >= 0.3 is 44.8 Å². The fraction of sp³-hybridized carbons (Fsp3) is 0.0968. The SMILES string of the molecule is Cc1ccccc1[PH+](CC[PH+](c1ccccc1C)c1ccccc1C)c1ccccc1C.[Ag+].[Ag+].[C-]#Cc1cc2ccccc2c2ccccc12.[C-]#Cc1cc2ccccc2c2ccccc12. The van der Waals surface area contributed by atoms with Crippen molar-refractivity contribution in [1.29, 1.82) is 0 Å². The van der Waals surface area contributed by atoms with Crippen molar-refractivity contribution in [3.8, 4) is 11.8 Å². The Morgan fingerprint density at radius 3 is 0.848 bits per heavy atom. The predicted molar refractivity (Wildman–Crippen MR) is 285 cm³/mol. The van der Waals surface area contributed by atoms with Gasteiger partial charge in [0.15, 0.2) is 0 Å². The number of benzene rings is 10. The van der Waals surface area contributed by atoms with E-state index in [4.69, 9.17) is 12.8 Å². The monoisotopic (exact) mass is 1070 g/mol. The fourth-order valence-corrected chi connectivity index (χ4v) is 16.1. The molecule has 0 aliphatic heterocycles. The molecule has 0 radical (unpaired) electrons. The van der Waals surface area contributed by atoms with Crippen LogP contribution in [0.15, 0.2) is 206 Å². The van der Waals surface area contributed by atoms with Crippen LogP contribution in [0.3, 0.4) is 0 Å². The maximum atomic E-state index is 7.35. The molecule has 0 aliphatic rings. The van der Waals surface area contributed by atoms with Gasteiger partial charge in [-0.1, -0.05) is 181 Å². The number of fused-ring (bicyclic) bond motifs is 6. The molecule has 330 valence electrons. The molecule has 10 rings (SSSR count). The Hall–Kier alpha value is -5.30. The summed E-state index contributed by atoms with van der Waals surface area (Å²) in [5.41, 5.74) is 7.45. The van der Waals surface area contributed by atoms with Crippen molar-refractivity contribution >= 4 is 80.2 Å². The molecule has 66 heavy (non-hydrogen) atoms. The first-order valence-electron chi connectivity index (χ1n) is 22.0. The van der Waals surface area contributed by atoms with Gasteiger partial charge < -0.3 is 12.8 Å². The minimum Gasteiger partial charge on any atom is -0.366 e. The van der Waals surface area contributed by atoms with Crippen LogP contribution in [0.4, 0.5) is 0 Å². The van der Waals surface area contributed by atoms with E-state index in [0.29, 0.717) is 0 Å². The molecule has 0 N–H and O–H groups in total. The predicted octanol–water partition coefficient (Wildman–Crippen LogP) is 13.8. The molecular formula is C62H52Ag2P2+2. The quantitative estimate of drug-likeness (QED) is 0.0491. The first kappa shape index (κ1) is 50.1. The Balaban J connectivity index is 0.000000177. The molecule has 0 aliphatic carbocycles. The van der Waals surface area contributed by atoms with Crippen molar-refractivity contribution in [2.45, 2.75) is 27.7 Å². The van der Waals surface area contributed by atoms with Crippen LogP contribution in [0.1, 0.15) is 33.4 Å². The topological polar surface area (TPSA) is 0 Å². The minimum atomic E-state index is -0.869. The zero-order valence-electron chi connectivity index (χ0n) is 37.6. The van der Waals surface area contributed by atoms with Crippen LogP contribution < -0.4 is 21.2 Å². The molecule has 0 heterocycles. The van der Waals surface area contributed by atoms with Gasteiger partial charge in [0.2, 0.25) is 0 Å². The molecule has 10 aromatic carbocycles. The second kappa shape index (κ2) is 23.9. The minimum absolute atomic E-state index is 0. The van der Waals surface area contributed by atoms with Gasteiger partial charge in [0.25, 0.3) is 0 Å². The second-order valence-corrected chi connectivity index (χ2v) is 21.4. The summed E-state index contributed by atoms with van der Waals surface area (Å²) in [6.07, 6.45) is 17.2. The largest absolute Gasteiger partial charge is 1.00 e. The van der Waals surface area contributed by atoms with E-state index in [1.54, 1.807) is 21.2 Å². The summed E-state index contributed by atoms with van der Waals surface area (Å²) in [6.45, 7) is 9.14. The zero-order chi connectivity index (χ0) is 44.4. The second-order valence-electron chi connectivity index (χ2n) is 16.3. The van der Waals surface area contributed by atoms with E-state index in [9.17, 15) is 0 Å². The van der Waals surface area contributed by atoms with Crippen molar-refractivity contribution in [3.05, 3.63) is 252 Å². The van der Waals surface area contributed by atoms with Crippen LogP contribution in [0.5, 0.6) is 0 Å². The Morgan fingerprint density at radius 1 is 0.318 bits per heavy atom. The summed E-state index contributed by atoms with van der Waals surface area (Å²) in [4.78, 5) is 0. The van der Waals surface area contributed by atoms with Gasteiger partial charge in [0, 0.05) is 0 Å². The van der Waals surface area contributed by atoms with Gasteiger partial charge in [0.1, 0.15) is 12.3 Å². The zero-order valence-corrected chi connectivity index (χ0v) is 42.6. The van der Waals surface area contributed by atoms with E-state index in [-0.39, 0.29) is 44.8 Å². The van der Waals surface area contributed by atoms with Gasteiger partial charge in [-0.3, -0.25) is 11.8 Å². The van der Waals surface area contributed by atoms with Gasteiger partial charge in [-0.2, -0.15) is 0 Å². The van der Waals surface area contributed by atoms with Crippen LogP contribution >= 0.6 is 15.8 Å². The van der Waals surface area contributed by atoms with E-state index in [1.807, 2.05) is 72.8 Å². The van der Waals surface area contributed by atoms with E-state index in [2.05, 4.69) is 173 Å². The third kappa shape index (κ3) is 11.3. The summed E-state index contributed by atoms with van der Waals surface area (Å²) >= 11 is 0. The number of aryl methyl sites for hydroxylation is 4. The summed E-state index contributed by atoms with van der Waals surface area (Å²) in [7, 11) is -1.74. The molecule has 0 saturated heterocycles. The summed E-state index contributed by atoms with van der Waals surface area (Å²) in [6, 6.07) is 73.1. The van der Waals surface area contributed by atoms with Crippen molar-refractivity contribution in [3.63, 3.8) is 0 Å². The van der Waals surface area contributed by atoms with Crippen LogP contribution in [-0.4, -0.2) is 12.3 Å². The fourth-order valence-electron chi connectivity index (χ4n) is 9.04. The maximum absolute atomic E-state index is 7.35. The van der Waals surface area contributed by atoms with Crippen LogP contribution in [0.2, 0.25) is 0 Å². The van der Waals surface area contributed by atoms with E-state index in [0.717, 1.165) is 32.7 Å². The normalized spacial score (nSPS) is 10.5. The number of hydrogen-bond acceptors (Lipinski definition) is 0. The maximum Gasteiger partial charge on any atom is 1.00 e. The Labute approximate surface area is 425 Å². The molecule has 4 heteroatoms. The standard InChI is InChI=1S/C30H32P2.2C16H9.2Ag/c1-23-13-5-9-17-27(23)31(28-18-10-6-14-24(28)2)21-22-32(29-19-11-7-15-25(29)3)30-20-12-8-16-26(30)4;2*1-2-12-11-13-7-3-4-9-15(13)16-10-6-5-8-14(12)16;;/h5-20H,21-22H2,1-4H3;2*3-11H;;/q;2*-1;2*+1/p+2. The molecule has 0 aromatic heterocycles. The molecule has 0 nitrogen and oxygen atoms in total. The molecule has 0 atom stereocenters. The first-order chi connectivity index (χ1) is 31.4. The van der Waals surface area contributed by atoms with Gasteiger partial charge in [-0.25, -0.2) is 0 Å². The third-order valence-corrected chi connectivity index (χ3v) is 19.2. The molecule has 0 spiro atoms. The van der Waals surface area contributed by atoms with Crippen molar-refractivity contribution in [2.75, 3.05) is 12.3 Å². The number of hydrogen-bond donors (Lipinski definition) is 0. The van der Waals surface area contributed by atoms with Gasteiger partial charge in [-0.05, 0) is 107 Å². The Bertz CT molecular complexity index is 3020. The number of rotatable bonds is 7. The van der Waals surface area contributed by atoms with Crippen molar-refractivity contribution in [2.24, 2.45) is 0 Å². The van der Waals surface area contributed by atoms with Crippen LogP contribution in [0, 0.1) is 52.4 Å². The van der Waals surface area contributed by atoms with E-state index >= 15 is 0 Å². The third-order valence-electron chi connectivity index (χ3n) is 12.3. The van der Waals surface area contributed by atoms with E-state index < -0.39 is 15.8 Å². The molecule has 0 amide bonds. The summed E-state index contributed by atoms with van der Waals surface area (Å²) < 4.78 is 0. The molecular weight excluding hydrogens is 1020 g/mol. The first-order valence-corrected chi connectivity index (χ1v) is 25.4. The molecule has 0 bridgehead atoms. The smallest absolute Gasteiger partial charge is 0.366 e. The molecule has 0 fully saturated rings. The summed E-state index contributed by atoms with van der Waals surface area (Å²) in [5.74, 6) is 5.02. The molecule has 0 saturated carbocycles. The average Bonchev–Trinajstić information content (AvgIpc) is 3.34. The average molecular weight is 1070 g/mol. The van der Waals surface area contributed by atoms with E-state index in [1.165, 1.54) is 56.1 Å². The van der Waals surface area contributed by atoms with Crippen LogP contribution in [0.25, 0.3) is 43.1 Å². The van der Waals surface area contributed by atoms with Crippen molar-refractivity contribution < 1.29 is 44.8 Å². The Morgan fingerprint density at radius 2 is 0.561 bits per heavy atom. The summed E-state index contributed by atoms with van der Waals surface area (Å²) in [5, 5.41) is 15.6. The van der Waals surface area contributed by atoms with Crippen molar-refractivity contribution in [1.82, 2.24) is 0 Å². The Kier molecular flexibility index (Phi) is 18.2. The van der Waals surface area contributed by atoms with Crippen LogP contribution in [-0.2, 0) is 44.8 Å². The van der Waals surface area contributed by atoms with Gasteiger partial charge in [-0.15, -0.1) is 23.3 Å².